The van der Waals surface area contributed by atoms with Crippen molar-refractivity contribution in [3.8, 4) is 16.6 Å². The van der Waals surface area contributed by atoms with E-state index in [4.69, 9.17) is 10.4 Å². The quantitative estimate of drug-likeness (QED) is 0.856. The minimum atomic E-state index is -1.02. The molecular weight excluding hydrogens is 226 g/mol. The van der Waals surface area contributed by atoms with Gasteiger partial charge in [-0.05, 0) is 18.2 Å². The highest BCUT2D eigenvalue weighted by Crippen LogP contribution is 2.26. The summed E-state index contributed by atoms with van der Waals surface area (Å²) in [7, 11) is 1.58. The molecule has 2 rings (SSSR count). The molecule has 0 amide bonds. The maximum absolute atomic E-state index is 10.8. The van der Waals surface area contributed by atoms with Crippen molar-refractivity contribution >= 4 is 17.3 Å². The number of nitrogens with zero attached hydrogens (tertiary/aromatic N) is 3. The van der Waals surface area contributed by atoms with E-state index in [9.17, 15) is 4.79 Å². The first-order chi connectivity index (χ1) is 7.61. The number of nitriles is 1. The molecule has 16 heavy (non-hydrogen) atoms. The SMILES string of the molecule is Cn1nc(-c2ccc(C#N)s2)cc1C(=O)O. The van der Waals surface area contributed by atoms with Crippen molar-refractivity contribution in [2.45, 2.75) is 0 Å². The van der Waals surface area contributed by atoms with Crippen LogP contribution in [0.5, 0.6) is 0 Å². The van der Waals surface area contributed by atoms with Gasteiger partial charge in [0.15, 0.2) is 0 Å². The third-order valence-corrected chi connectivity index (χ3v) is 3.08. The lowest BCUT2D eigenvalue weighted by molar-refractivity contribution is 0.0685. The molecule has 5 nitrogen and oxygen atoms in total. The summed E-state index contributed by atoms with van der Waals surface area (Å²) in [6.07, 6.45) is 0. The summed E-state index contributed by atoms with van der Waals surface area (Å²) < 4.78 is 1.31. The second-order valence-corrected chi connectivity index (χ2v) is 4.20. The Morgan fingerprint density at radius 2 is 2.38 bits per heavy atom. The summed E-state index contributed by atoms with van der Waals surface area (Å²) in [6.45, 7) is 0. The van der Waals surface area contributed by atoms with E-state index in [2.05, 4.69) is 5.10 Å². The number of aryl methyl sites for hydroxylation is 1. The number of aromatic nitrogens is 2. The number of thiophene rings is 1. The largest absolute Gasteiger partial charge is 0.477 e. The van der Waals surface area contributed by atoms with Crippen molar-refractivity contribution in [3.05, 3.63) is 28.8 Å². The summed E-state index contributed by atoms with van der Waals surface area (Å²) in [5.74, 6) is -1.02. The molecule has 6 heteroatoms. The molecule has 0 radical (unpaired) electrons. The summed E-state index contributed by atoms with van der Waals surface area (Å²) in [4.78, 5) is 12.2. The van der Waals surface area contributed by atoms with E-state index in [0.717, 1.165) is 4.88 Å². The Morgan fingerprint density at radius 3 is 2.88 bits per heavy atom. The van der Waals surface area contributed by atoms with Crippen LogP contribution in [0.25, 0.3) is 10.6 Å². The van der Waals surface area contributed by atoms with Gasteiger partial charge in [0.2, 0.25) is 0 Å². The molecule has 0 aromatic carbocycles. The molecule has 0 saturated heterocycles. The van der Waals surface area contributed by atoms with E-state index >= 15 is 0 Å². The van der Waals surface area contributed by atoms with Gasteiger partial charge in [-0.3, -0.25) is 4.68 Å². The van der Waals surface area contributed by atoms with Crippen LogP contribution in [-0.2, 0) is 7.05 Å². The van der Waals surface area contributed by atoms with Crippen molar-refractivity contribution in [1.82, 2.24) is 9.78 Å². The van der Waals surface area contributed by atoms with Crippen LogP contribution in [0.2, 0.25) is 0 Å². The summed E-state index contributed by atoms with van der Waals surface area (Å²) in [5, 5.41) is 21.6. The number of aromatic carboxylic acids is 1. The van der Waals surface area contributed by atoms with Crippen molar-refractivity contribution in [2.24, 2.45) is 7.05 Å². The first-order valence-electron chi connectivity index (χ1n) is 4.39. The zero-order valence-corrected chi connectivity index (χ0v) is 9.15. The van der Waals surface area contributed by atoms with E-state index in [-0.39, 0.29) is 5.69 Å². The summed E-state index contributed by atoms with van der Waals surface area (Å²) >= 11 is 1.29. The Kier molecular flexibility index (Phi) is 2.46. The smallest absolute Gasteiger partial charge is 0.354 e. The Bertz CT molecular complexity index is 591. The van der Waals surface area contributed by atoms with Crippen molar-refractivity contribution in [3.63, 3.8) is 0 Å². The molecule has 0 saturated carbocycles. The summed E-state index contributed by atoms with van der Waals surface area (Å²) in [5.41, 5.74) is 0.702. The standard InChI is InChI=1S/C10H7N3O2S/c1-13-8(10(14)15)4-7(12-13)9-3-2-6(5-11)16-9/h2-4H,1H3,(H,14,15). The average molecular weight is 233 g/mol. The molecule has 2 heterocycles. The van der Waals surface area contributed by atoms with Crippen LogP contribution in [0.15, 0.2) is 18.2 Å². The summed E-state index contributed by atoms with van der Waals surface area (Å²) in [6, 6.07) is 6.97. The predicted molar refractivity (Wildman–Crippen MR) is 58.2 cm³/mol. The van der Waals surface area contributed by atoms with Gasteiger partial charge in [0, 0.05) is 7.05 Å². The van der Waals surface area contributed by atoms with Gasteiger partial charge in [0.25, 0.3) is 0 Å². The molecule has 0 aliphatic heterocycles. The molecule has 80 valence electrons. The first-order valence-corrected chi connectivity index (χ1v) is 5.21. The first kappa shape index (κ1) is 10.4. The number of carbonyl (C=O) groups is 1. The topological polar surface area (TPSA) is 78.9 Å². The van der Waals surface area contributed by atoms with Crippen LogP contribution < -0.4 is 0 Å². The zero-order chi connectivity index (χ0) is 11.7. The number of rotatable bonds is 2. The highest BCUT2D eigenvalue weighted by Gasteiger charge is 2.13. The van der Waals surface area contributed by atoms with E-state index in [0.29, 0.717) is 10.6 Å². The Hall–Kier alpha value is -2.13. The van der Waals surface area contributed by atoms with Crippen molar-refractivity contribution < 1.29 is 9.90 Å². The van der Waals surface area contributed by atoms with E-state index in [1.165, 1.54) is 22.1 Å². The average Bonchev–Trinajstić information content (AvgIpc) is 2.83. The van der Waals surface area contributed by atoms with Gasteiger partial charge in [-0.1, -0.05) is 0 Å². The minimum Gasteiger partial charge on any atom is -0.477 e. The number of carboxylic acids is 1. The maximum atomic E-state index is 10.8. The minimum absolute atomic E-state index is 0.127. The second-order valence-electron chi connectivity index (χ2n) is 3.12. The molecule has 0 spiro atoms. The lowest BCUT2D eigenvalue weighted by atomic mass is 10.3. The predicted octanol–water partition coefficient (Wildman–Crippen LogP) is 1.72. The molecular formula is C10H7N3O2S. The molecule has 0 aliphatic carbocycles. The molecule has 0 unspecified atom stereocenters. The highest BCUT2D eigenvalue weighted by atomic mass is 32.1. The van der Waals surface area contributed by atoms with Gasteiger partial charge >= 0.3 is 5.97 Å². The molecule has 2 aromatic rings. The van der Waals surface area contributed by atoms with Gasteiger partial charge in [-0.15, -0.1) is 11.3 Å². The Labute approximate surface area is 95.2 Å². The molecule has 2 aromatic heterocycles. The highest BCUT2D eigenvalue weighted by molar-refractivity contribution is 7.15. The lowest BCUT2D eigenvalue weighted by Gasteiger charge is -1.91. The molecule has 1 N–H and O–H groups in total. The van der Waals surface area contributed by atoms with Crippen LogP contribution in [-0.4, -0.2) is 20.9 Å². The molecule has 0 atom stereocenters. The van der Waals surface area contributed by atoms with Crippen LogP contribution in [0.1, 0.15) is 15.4 Å². The third kappa shape index (κ3) is 1.68. The van der Waals surface area contributed by atoms with Crippen LogP contribution in [0, 0.1) is 11.3 Å². The number of hydrogen-bond acceptors (Lipinski definition) is 4. The molecule has 0 fully saturated rings. The van der Waals surface area contributed by atoms with Gasteiger partial charge in [-0.25, -0.2) is 4.79 Å². The van der Waals surface area contributed by atoms with Gasteiger partial charge in [-0.2, -0.15) is 10.4 Å². The Morgan fingerprint density at radius 1 is 1.62 bits per heavy atom. The zero-order valence-electron chi connectivity index (χ0n) is 8.34. The normalized spacial score (nSPS) is 10.0. The molecule has 0 aliphatic rings. The van der Waals surface area contributed by atoms with E-state index in [1.807, 2.05) is 6.07 Å². The van der Waals surface area contributed by atoms with Gasteiger partial charge in [0.1, 0.15) is 22.3 Å². The fourth-order valence-corrected chi connectivity index (χ4v) is 2.08. The van der Waals surface area contributed by atoms with Crippen molar-refractivity contribution in [1.29, 1.82) is 5.26 Å². The van der Waals surface area contributed by atoms with E-state index in [1.54, 1.807) is 19.2 Å². The van der Waals surface area contributed by atoms with Crippen LogP contribution >= 0.6 is 11.3 Å². The fourth-order valence-electron chi connectivity index (χ4n) is 1.32. The number of carboxylic acid groups (broad SMARTS) is 1. The van der Waals surface area contributed by atoms with Crippen molar-refractivity contribution in [2.75, 3.05) is 0 Å². The van der Waals surface area contributed by atoms with Gasteiger partial charge in [0.05, 0.1) is 4.88 Å². The Balaban J connectivity index is 2.46. The third-order valence-electron chi connectivity index (χ3n) is 2.07. The molecule has 0 bridgehead atoms. The fraction of sp³-hybridized carbons (Fsp3) is 0.100. The van der Waals surface area contributed by atoms with Crippen LogP contribution in [0.4, 0.5) is 0 Å². The maximum Gasteiger partial charge on any atom is 0.354 e. The lowest BCUT2D eigenvalue weighted by Crippen LogP contribution is -2.04. The van der Waals surface area contributed by atoms with E-state index < -0.39 is 5.97 Å². The van der Waals surface area contributed by atoms with Gasteiger partial charge < -0.3 is 5.11 Å². The number of hydrogen-bond donors (Lipinski definition) is 1. The monoisotopic (exact) mass is 233 g/mol. The second kappa shape index (κ2) is 3.79. The van der Waals surface area contributed by atoms with Crippen LogP contribution in [0.3, 0.4) is 0 Å².